The Morgan fingerprint density at radius 3 is 1.85 bits per heavy atom. The summed E-state index contributed by atoms with van der Waals surface area (Å²) in [7, 11) is 0. The van der Waals surface area contributed by atoms with E-state index in [0.29, 0.717) is 6.42 Å². The smallest absolute Gasteiger partial charge is 0.123 e. The molecule has 0 unspecified atom stereocenters. The minimum Gasteiger partial charge on any atom is -0.303 e. The van der Waals surface area contributed by atoms with Crippen LogP contribution in [-0.4, -0.2) is 42.3 Å². The Morgan fingerprint density at radius 1 is 0.846 bits per heavy atom. The molecule has 3 nitrogen and oxygen atoms in total. The average molecular weight is 357 g/mol. The van der Waals surface area contributed by atoms with Gasteiger partial charge in [-0.15, -0.1) is 0 Å². The lowest BCUT2D eigenvalue weighted by molar-refractivity contribution is -0.123. The van der Waals surface area contributed by atoms with E-state index in [0.717, 1.165) is 39.0 Å². The van der Waals surface area contributed by atoms with Crippen LogP contribution in [-0.2, 0) is 23.3 Å². The van der Waals surface area contributed by atoms with Crippen molar-refractivity contribution >= 4 is 6.29 Å². The normalized spacial score (nSPS) is 20.2. The molecule has 2 aliphatic rings. The van der Waals surface area contributed by atoms with Crippen LogP contribution < -0.4 is 0 Å². The van der Waals surface area contributed by atoms with Gasteiger partial charge in [-0.05, 0) is 55.2 Å². The largest absolute Gasteiger partial charge is 0.303 e. The SMILES string of the molecule is CCc1ccc(C(CC=O)(N2CCCCC2)N2CCCCC2)cc1CC. The fraction of sp³-hybridized carbons (Fsp3) is 0.696. The van der Waals surface area contributed by atoms with Crippen LogP contribution in [0.4, 0.5) is 0 Å². The lowest BCUT2D eigenvalue weighted by Crippen LogP contribution is -2.60. The van der Waals surface area contributed by atoms with E-state index >= 15 is 0 Å². The van der Waals surface area contributed by atoms with Crippen molar-refractivity contribution < 1.29 is 4.79 Å². The van der Waals surface area contributed by atoms with Gasteiger partial charge in [-0.3, -0.25) is 9.80 Å². The van der Waals surface area contributed by atoms with Gasteiger partial charge in [0.05, 0.1) is 0 Å². The van der Waals surface area contributed by atoms with Gasteiger partial charge in [-0.1, -0.05) is 44.9 Å². The van der Waals surface area contributed by atoms with E-state index in [9.17, 15) is 4.79 Å². The molecule has 0 spiro atoms. The van der Waals surface area contributed by atoms with Crippen LogP contribution in [0.3, 0.4) is 0 Å². The third kappa shape index (κ3) is 3.75. The second kappa shape index (κ2) is 9.14. The molecule has 2 saturated heterocycles. The minimum atomic E-state index is -0.237. The molecule has 0 atom stereocenters. The maximum atomic E-state index is 11.9. The molecule has 0 aromatic heterocycles. The average Bonchev–Trinajstić information content (AvgIpc) is 2.72. The quantitative estimate of drug-likeness (QED) is 0.671. The Kier molecular flexibility index (Phi) is 6.88. The van der Waals surface area contributed by atoms with Gasteiger partial charge in [0.25, 0.3) is 0 Å². The highest BCUT2D eigenvalue weighted by atomic mass is 16.1. The Balaban J connectivity index is 2.09. The van der Waals surface area contributed by atoms with E-state index in [1.165, 1.54) is 61.5 Å². The van der Waals surface area contributed by atoms with Gasteiger partial charge in [0.15, 0.2) is 0 Å². The molecule has 1 aromatic rings. The number of rotatable bonds is 7. The van der Waals surface area contributed by atoms with Crippen molar-refractivity contribution in [3.63, 3.8) is 0 Å². The van der Waals surface area contributed by atoms with Crippen LogP contribution in [0.2, 0.25) is 0 Å². The van der Waals surface area contributed by atoms with Crippen LogP contribution in [0.25, 0.3) is 0 Å². The fourth-order valence-corrected chi connectivity index (χ4v) is 5.13. The highest BCUT2D eigenvalue weighted by Gasteiger charge is 2.44. The maximum absolute atomic E-state index is 11.9. The highest BCUT2D eigenvalue weighted by Crippen LogP contribution is 2.40. The molecule has 0 radical (unpaired) electrons. The van der Waals surface area contributed by atoms with E-state index in [4.69, 9.17) is 0 Å². The van der Waals surface area contributed by atoms with Gasteiger partial charge >= 0.3 is 0 Å². The maximum Gasteiger partial charge on any atom is 0.123 e. The van der Waals surface area contributed by atoms with E-state index in [2.05, 4.69) is 41.8 Å². The number of carbonyl (C=O) groups is 1. The van der Waals surface area contributed by atoms with Gasteiger partial charge in [0.2, 0.25) is 0 Å². The summed E-state index contributed by atoms with van der Waals surface area (Å²) in [6.07, 6.45) is 11.6. The number of hydrogen-bond acceptors (Lipinski definition) is 3. The topological polar surface area (TPSA) is 23.6 Å². The van der Waals surface area contributed by atoms with Gasteiger partial charge in [0.1, 0.15) is 11.9 Å². The first-order valence-corrected chi connectivity index (χ1v) is 10.8. The monoisotopic (exact) mass is 356 g/mol. The molecule has 0 bridgehead atoms. The summed E-state index contributed by atoms with van der Waals surface area (Å²) in [6.45, 7) is 8.94. The number of benzene rings is 1. The molecule has 3 heteroatoms. The fourth-order valence-electron chi connectivity index (χ4n) is 5.13. The minimum absolute atomic E-state index is 0.237. The van der Waals surface area contributed by atoms with Crippen molar-refractivity contribution in [2.75, 3.05) is 26.2 Å². The summed E-state index contributed by atoms with van der Waals surface area (Å²) < 4.78 is 0. The number of aryl methyl sites for hydroxylation is 2. The van der Waals surface area contributed by atoms with Crippen LogP contribution in [0.5, 0.6) is 0 Å². The number of piperidine rings is 2. The Labute approximate surface area is 159 Å². The first-order chi connectivity index (χ1) is 12.8. The molecule has 26 heavy (non-hydrogen) atoms. The number of aldehydes is 1. The standard InChI is InChI=1S/C23H36N2O/c1-3-20-11-12-22(19-21(20)4-2)23(13-18-26,24-14-7-5-8-15-24)25-16-9-6-10-17-25/h11-12,18-19H,3-10,13-17H2,1-2H3. The van der Waals surface area contributed by atoms with Gasteiger partial charge < -0.3 is 4.79 Å². The summed E-state index contributed by atoms with van der Waals surface area (Å²) in [5.74, 6) is 0. The summed E-state index contributed by atoms with van der Waals surface area (Å²) >= 11 is 0. The number of carbonyl (C=O) groups excluding carboxylic acids is 1. The molecule has 1 aromatic carbocycles. The first-order valence-electron chi connectivity index (χ1n) is 10.8. The predicted molar refractivity (Wildman–Crippen MR) is 108 cm³/mol. The molecule has 2 aliphatic heterocycles. The third-order valence-electron chi connectivity index (χ3n) is 6.56. The van der Waals surface area contributed by atoms with E-state index in [1.807, 2.05) is 0 Å². The molecule has 2 fully saturated rings. The van der Waals surface area contributed by atoms with Crippen molar-refractivity contribution in [1.29, 1.82) is 0 Å². The Morgan fingerprint density at radius 2 is 1.38 bits per heavy atom. The zero-order valence-electron chi connectivity index (χ0n) is 16.8. The van der Waals surface area contributed by atoms with Gasteiger partial charge in [0, 0.05) is 32.6 Å². The van der Waals surface area contributed by atoms with Crippen molar-refractivity contribution in [2.24, 2.45) is 0 Å². The Bertz CT molecular complexity index is 568. The highest BCUT2D eigenvalue weighted by molar-refractivity contribution is 5.54. The molecular weight excluding hydrogens is 320 g/mol. The molecular formula is C23H36N2O. The van der Waals surface area contributed by atoms with Crippen LogP contribution in [0.15, 0.2) is 18.2 Å². The van der Waals surface area contributed by atoms with Crippen molar-refractivity contribution in [3.8, 4) is 0 Å². The summed E-state index contributed by atoms with van der Waals surface area (Å²) in [4.78, 5) is 17.2. The lowest BCUT2D eigenvalue weighted by atomic mass is 9.86. The van der Waals surface area contributed by atoms with Crippen LogP contribution in [0, 0.1) is 0 Å². The zero-order valence-corrected chi connectivity index (χ0v) is 16.8. The molecule has 3 rings (SSSR count). The molecule has 0 N–H and O–H groups in total. The third-order valence-corrected chi connectivity index (χ3v) is 6.56. The number of nitrogens with zero attached hydrogens (tertiary/aromatic N) is 2. The Hall–Kier alpha value is -1.19. The summed E-state index contributed by atoms with van der Waals surface area (Å²) in [5.41, 5.74) is 4.02. The molecule has 0 aliphatic carbocycles. The number of hydrogen-bond donors (Lipinski definition) is 0. The van der Waals surface area contributed by atoms with Crippen LogP contribution >= 0.6 is 0 Å². The second-order valence-electron chi connectivity index (χ2n) is 7.97. The molecule has 0 amide bonds. The van der Waals surface area contributed by atoms with Crippen molar-refractivity contribution in [1.82, 2.24) is 9.80 Å². The molecule has 144 valence electrons. The molecule has 0 saturated carbocycles. The van der Waals surface area contributed by atoms with Gasteiger partial charge in [-0.2, -0.15) is 0 Å². The lowest BCUT2D eigenvalue weighted by Gasteiger charge is -2.53. The summed E-state index contributed by atoms with van der Waals surface area (Å²) in [6, 6.07) is 7.07. The van der Waals surface area contributed by atoms with Crippen LogP contribution in [0.1, 0.15) is 75.5 Å². The first kappa shape index (κ1) is 19.6. The summed E-state index contributed by atoms with van der Waals surface area (Å²) in [5, 5.41) is 0. The molecule has 2 heterocycles. The number of likely N-dealkylation sites (tertiary alicyclic amines) is 2. The predicted octanol–water partition coefficient (Wildman–Crippen LogP) is 4.53. The van der Waals surface area contributed by atoms with E-state index < -0.39 is 0 Å². The second-order valence-corrected chi connectivity index (χ2v) is 7.97. The van der Waals surface area contributed by atoms with Crippen molar-refractivity contribution in [3.05, 3.63) is 34.9 Å². The van der Waals surface area contributed by atoms with Gasteiger partial charge in [-0.25, -0.2) is 0 Å². The van der Waals surface area contributed by atoms with Crippen molar-refractivity contribution in [2.45, 2.75) is 77.3 Å². The van der Waals surface area contributed by atoms with E-state index in [-0.39, 0.29) is 5.66 Å². The van der Waals surface area contributed by atoms with E-state index in [1.54, 1.807) is 0 Å². The zero-order chi connectivity index (χ0) is 18.4.